The summed E-state index contributed by atoms with van der Waals surface area (Å²) in [5.74, 6) is -0.500. The van der Waals surface area contributed by atoms with E-state index in [1.165, 1.54) is 12.4 Å². The number of aliphatic hydroxyl groups is 3. The smallest absolute Gasteiger partial charge is 0.394 e. The second kappa shape index (κ2) is 4.37. The molecule has 0 aromatic carbocycles. The highest BCUT2D eigenvalue weighted by atomic mass is 16.6. The highest BCUT2D eigenvalue weighted by molar-refractivity contribution is 5.09. The maximum Gasteiger partial charge on any atom is 0.436 e. The molecule has 3 N–H and O–H groups in total. The molecule has 17 heavy (non-hydrogen) atoms. The SMILES string of the molecule is O=[N+]([O-])c1nccn1[C@H]1O[C@@H](CO)[C@@H](O)[C@@H]1O. The molecule has 1 fully saturated rings. The molecule has 0 radical (unpaired) electrons. The highest BCUT2D eigenvalue weighted by Crippen LogP contribution is 2.31. The maximum atomic E-state index is 10.7. The minimum absolute atomic E-state index is 0.489. The molecule has 94 valence electrons. The molecular formula is C8H11N3O6. The first-order valence-electron chi connectivity index (χ1n) is 4.86. The number of aromatic nitrogens is 2. The van der Waals surface area contributed by atoms with Gasteiger partial charge in [-0.3, -0.25) is 0 Å². The van der Waals surface area contributed by atoms with Crippen molar-refractivity contribution in [1.82, 2.24) is 9.55 Å². The molecule has 4 atom stereocenters. The summed E-state index contributed by atoms with van der Waals surface area (Å²) in [4.78, 5) is 13.4. The summed E-state index contributed by atoms with van der Waals surface area (Å²) in [7, 11) is 0. The summed E-state index contributed by atoms with van der Waals surface area (Å²) >= 11 is 0. The van der Waals surface area contributed by atoms with Crippen LogP contribution in [-0.4, -0.2) is 54.7 Å². The molecule has 0 aliphatic carbocycles. The number of imidazole rings is 1. The van der Waals surface area contributed by atoms with Gasteiger partial charge < -0.3 is 30.2 Å². The van der Waals surface area contributed by atoms with Crippen molar-refractivity contribution in [3.05, 3.63) is 22.5 Å². The van der Waals surface area contributed by atoms with E-state index in [4.69, 9.17) is 9.84 Å². The lowest BCUT2D eigenvalue weighted by Crippen LogP contribution is -2.33. The first-order chi connectivity index (χ1) is 8.06. The van der Waals surface area contributed by atoms with Crippen LogP contribution >= 0.6 is 0 Å². The van der Waals surface area contributed by atoms with Gasteiger partial charge in [0.25, 0.3) is 0 Å². The van der Waals surface area contributed by atoms with Gasteiger partial charge in [0.2, 0.25) is 6.23 Å². The van der Waals surface area contributed by atoms with Gasteiger partial charge in [0, 0.05) is 0 Å². The van der Waals surface area contributed by atoms with Crippen LogP contribution in [0.4, 0.5) is 5.95 Å². The Hall–Kier alpha value is -1.55. The average Bonchev–Trinajstić information content (AvgIpc) is 2.86. The van der Waals surface area contributed by atoms with E-state index in [2.05, 4.69) is 4.98 Å². The lowest BCUT2D eigenvalue weighted by Gasteiger charge is -2.13. The van der Waals surface area contributed by atoms with Crippen molar-refractivity contribution >= 4 is 5.95 Å². The first-order valence-corrected chi connectivity index (χ1v) is 4.86. The van der Waals surface area contributed by atoms with Gasteiger partial charge in [0.05, 0.1) is 6.61 Å². The van der Waals surface area contributed by atoms with Crippen LogP contribution in [0.1, 0.15) is 6.23 Å². The summed E-state index contributed by atoms with van der Waals surface area (Å²) in [5, 5.41) is 38.7. The topological polar surface area (TPSA) is 131 Å². The summed E-state index contributed by atoms with van der Waals surface area (Å²) in [5.41, 5.74) is 0. The molecule has 1 aliphatic rings. The van der Waals surface area contributed by atoms with Gasteiger partial charge in [0.1, 0.15) is 30.7 Å². The molecule has 0 bridgehead atoms. The largest absolute Gasteiger partial charge is 0.436 e. The molecule has 2 heterocycles. The van der Waals surface area contributed by atoms with Crippen molar-refractivity contribution in [3.63, 3.8) is 0 Å². The third kappa shape index (κ3) is 1.89. The Bertz CT molecular complexity index is 421. The molecule has 1 aromatic rings. The van der Waals surface area contributed by atoms with Gasteiger partial charge in [0.15, 0.2) is 0 Å². The lowest BCUT2D eigenvalue weighted by atomic mass is 10.1. The van der Waals surface area contributed by atoms with Gasteiger partial charge in [-0.25, -0.2) is 0 Å². The van der Waals surface area contributed by atoms with Crippen molar-refractivity contribution < 1.29 is 25.0 Å². The van der Waals surface area contributed by atoms with Gasteiger partial charge >= 0.3 is 5.95 Å². The van der Waals surface area contributed by atoms with E-state index in [1.54, 1.807) is 0 Å². The van der Waals surface area contributed by atoms with E-state index < -0.39 is 42.0 Å². The molecule has 9 nitrogen and oxygen atoms in total. The van der Waals surface area contributed by atoms with E-state index >= 15 is 0 Å². The fourth-order valence-electron chi connectivity index (χ4n) is 1.76. The van der Waals surface area contributed by atoms with Crippen LogP contribution < -0.4 is 0 Å². The van der Waals surface area contributed by atoms with E-state index in [0.29, 0.717) is 0 Å². The van der Waals surface area contributed by atoms with E-state index in [9.17, 15) is 20.3 Å². The summed E-state index contributed by atoms with van der Waals surface area (Å²) in [6.07, 6.45) is -2.32. The molecule has 0 saturated carbocycles. The Morgan fingerprint density at radius 2 is 2.24 bits per heavy atom. The summed E-state index contributed by atoms with van der Waals surface area (Å²) in [6, 6.07) is 0. The quantitative estimate of drug-likeness (QED) is 0.431. The minimum atomic E-state index is -1.36. The standard InChI is InChI=1S/C8H11N3O6/c12-3-4-5(13)6(14)7(17-4)10-2-1-9-8(10)11(15)16/h1-2,4-7,12-14H,3H2/t4-,5+,6-,7-/m0/s1. The molecule has 1 saturated heterocycles. The maximum absolute atomic E-state index is 10.7. The van der Waals surface area contributed by atoms with Gasteiger partial charge in [-0.05, 0) is 4.92 Å². The fourth-order valence-corrected chi connectivity index (χ4v) is 1.76. The van der Waals surface area contributed by atoms with Crippen molar-refractivity contribution in [3.8, 4) is 0 Å². The predicted molar refractivity (Wildman–Crippen MR) is 51.9 cm³/mol. The van der Waals surface area contributed by atoms with Crippen molar-refractivity contribution in [1.29, 1.82) is 0 Å². The Morgan fingerprint density at radius 1 is 1.53 bits per heavy atom. The number of hydrogen-bond acceptors (Lipinski definition) is 7. The monoisotopic (exact) mass is 245 g/mol. The Labute approximate surface area is 95.0 Å². The number of aliphatic hydroxyl groups excluding tert-OH is 3. The Balaban J connectivity index is 2.29. The minimum Gasteiger partial charge on any atom is -0.394 e. The Morgan fingerprint density at radius 3 is 2.76 bits per heavy atom. The van der Waals surface area contributed by atoms with Crippen LogP contribution in [-0.2, 0) is 4.74 Å². The number of hydrogen-bond donors (Lipinski definition) is 3. The van der Waals surface area contributed by atoms with E-state index in [-0.39, 0.29) is 0 Å². The molecule has 9 heteroatoms. The van der Waals surface area contributed by atoms with Crippen molar-refractivity contribution in [2.24, 2.45) is 0 Å². The Kier molecular flexibility index (Phi) is 3.07. The van der Waals surface area contributed by atoms with Crippen LogP contribution in [0.5, 0.6) is 0 Å². The fraction of sp³-hybridized carbons (Fsp3) is 0.625. The molecule has 0 spiro atoms. The van der Waals surface area contributed by atoms with Crippen LogP contribution in [0.2, 0.25) is 0 Å². The van der Waals surface area contributed by atoms with Crippen LogP contribution in [0.15, 0.2) is 12.4 Å². The second-order valence-electron chi connectivity index (χ2n) is 3.62. The molecule has 1 aliphatic heterocycles. The van der Waals surface area contributed by atoms with Gasteiger partial charge in [-0.2, -0.15) is 4.57 Å². The van der Waals surface area contributed by atoms with Gasteiger partial charge in [-0.15, -0.1) is 0 Å². The van der Waals surface area contributed by atoms with Crippen LogP contribution in [0.3, 0.4) is 0 Å². The third-order valence-electron chi connectivity index (χ3n) is 2.60. The van der Waals surface area contributed by atoms with Gasteiger partial charge in [-0.1, -0.05) is 4.98 Å². The molecular weight excluding hydrogens is 234 g/mol. The summed E-state index contributed by atoms with van der Waals surface area (Å²) < 4.78 is 6.14. The zero-order chi connectivity index (χ0) is 12.6. The van der Waals surface area contributed by atoms with Crippen molar-refractivity contribution in [2.75, 3.05) is 6.61 Å². The molecule has 1 aromatic heterocycles. The number of rotatable bonds is 3. The number of ether oxygens (including phenoxy) is 1. The number of nitrogens with zero attached hydrogens (tertiary/aromatic N) is 3. The van der Waals surface area contributed by atoms with Crippen LogP contribution in [0, 0.1) is 10.1 Å². The zero-order valence-corrected chi connectivity index (χ0v) is 8.58. The summed E-state index contributed by atoms with van der Waals surface area (Å²) in [6.45, 7) is -0.489. The van der Waals surface area contributed by atoms with Crippen molar-refractivity contribution in [2.45, 2.75) is 24.5 Å². The lowest BCUT2D eigenvalue weighted by molar-refractivity contribution is -0.398. The second-order valence-corrected chi connectivity index (χ2v) is 3.62. The average molecular weight is 245 g/mol. The van der Waals surface area contributed by atoms with E-state index in [1.807, 2.05) is 0 Å². The third-order valence-corrected chi connectivity index (χ3v) is 2.60. The van der Waals surface area contributed by atoms with Crippen LogP contribution in [0.25, 0.3) is 0 Å². The molecule has 0 unspecified atom stereocenters. The zero-order valence-electron chi connectivity index (χ0n) is 8.58. The highest BCUT2D eigenvalue weighted by Gasteiger charge is 2.46. The molecule has 0 amide bonds. The number of nitro groups is 1. The predicted octanol–water partition coefficient (Wildman–Crippen LogP) is -1.60. The van der Waals surface area contributed by atoms with E-state index in [0.717, 1.165) is 4.57 Å². The molecule has 2 rings (SSSR count). The normalized spacial score (nSPS) is 32.9. The first kappa shape index (κ1) is 11.9.